The van der Waals surface area contributed by atoms with Gasteiger partial charge in [0.05, 0.1) is 10.7 Å². The van der Waals surface area contributed by atoms with Crippen LogP contribution in [0.25, 0.3) is 0 Å². The van der Waals surface area contributed by atoms with Gasteiger partial charge in [0.2, 0.25) is 0 Å². The molecule has 2 rings (SSSR count). The fourth-order valence-corrected chi connectivity index (χ4v) is 3.73. The Bertz CT molecular complexity index is 375. The number of rotatable bonds is 6. The maximum atomic E-state index is 4.86. The highest BCUT2D eigenvalue weighted by atomic mass is 32.1. The molecule has 2 heterocycles. The minimum atomic E-state index is 0.665. The van der Waals surface area contributed by atoms with E-state index >= 15 is 0 Å². The molecule has 0 spiro atoms. The van der Waals surface area contributed by atoms with Crippen molar-refractivity contribution in [3.8, 4) is 0 Å². The number of hydrogen-bond acceptors (Lipinski definition) is 4. The van der Waals surface area contributed by atoms with Crippen molar-refractivity contribution in [3.63, 3.8) is 0 Å². The smallest absolute Gasteiger partial charge is 0.0972 e. The lowest BCUT2D eigenvalue weighted by Crippen LogP contribution is -2.39. The molecule has 1 aromatic rings. The number of nitrogens with zero attached hydrogens (tertiary/aromatic N) is 2. The van der Waals surface area contributed by atoms with Crippen molar-refractivity contribution in [2.75, 3.05) is 26.7 Å². The molecule has 1 saturated heterocycles. The van der Waals surface area contributed by atoms with Crippen molar-refractivity contribution in [2.24, 2.45) is 0 Å². The zero-order chi connectivity index (χ0) is 13.7. The first-order chi connectivity index (χ1) is 9.20. The highest BCUT2D eigenvalue weighted by Gasteiger charge is 2.24. The normalized spacial score (nSPS) is 21.2. The first-order valence-corrected chi connectivity index (χ1v) is 8.41. The number of aromatic nitrogens is 1. The Hall–Kier alpha value is -0.450. The fourth-order valence-electron chi connectivity index (χ4n) is 2.75. The zero-order valence-electron chi connectivity index (χ0n) is 12.5. The van der Waals surface area contributed by atoms with Crippen LogP contribution in [0.5, 0.6) is 0 Å². The minimum absolute atomic E-state index is 0.665. The van der Waals surface area contributed by atoms with Gasteiger partial charge in [-0.05, 0) is 59.7 Å². The molecule has 108 valence electrons. The second kappa shape index (κ2) is 7.36. The van der Waals surface area contributed by atoms with E-state index in [1.54, 1.807) is 0 Å². The van der Waals surface area contributed by atoms with Crippen LogP contribution in [0.1, 0.15) is 49.7 Å². The van der Waals surface area contributed by atoms with Gasteiger partial charge in [0.25, 0.3) is 0 Å². The van der Waals surface area contributed by atoms with E-state index in [0.717, 1.165) is 13.0 Å². The molecule has 0 aliphatic carbocycles. The Labute approximate surface area is 121 Å². The Kier molecular flexibility index (Phi) is 5.79. The summed E-state index contributed by atoms with van der Waals surface area (Å²) in [4.78, 5) is 7.46. The van der Waals surface area contributed by atoms with Crippen molar-refractivity contribution in [3.05, 3.63) is 16.1 Å². The molecular formula is C15H27N3S. The molecule has 4 heteroatoms. The molecule has 0 radical (unpaired) electrons. The zero-order valence-corrected chi connectivity index (χ0v) is 13.3. The van der Waals surface area contributed by atoms with Crippen molar-refractivity contribution in [1.29, 1.82) is 0 Å². The quantitative estimate of drug-likeness (QED) is 0.813. The lowest BCUT2D eigenvalue weighted by Gasteiger charge is -2.34. The van der Waals surface area contributed by atoms with Gasteiger partial charge in [-0.15, -0.1) is 11.3 Å². The molecule has 1 aliphatic rings. The molecule has 0 saturated carbocycles. The van der Waals surface area contributed by atoms with E-state index in [0.29, 0.717) is 12.0 Å². The summed E-state index contributed by atoms with van der Waals surface area (Å²) in [6, 6.07) is 0.665. The number of nitrogens with one attached hydrogen (secondary N) is 1. The molecule has 1 aromatic heterocycles. The molecule has 1 aliphatic heterocycles. The number of thiazole rings is 1. The lowest BCUT2D eigenvalue weighted by atomic mass is 9.97. The van der Waals surface area contributed by atoms with Crippen LogP contribution in [0, 0.1) is 0 Å². The van der Waals surface area contributed by atoms with Crippen molar-refractivity contribution < 1.29 is 0 Å². The maximum absolute atomic E-state index is 4.86. The van der Waals surface area contributed by atoms with Crippen LogP contribution in [-0.2, 0) is 6.42 Å². The third kappa shape index (κ3) is 4.26. The molecule has 1 fully saturated rings. The predicted octanol–water partition coefficient (Wildman–Crippen LogP) is 2.88. The van der Waals surface area contributed by atoms with Crippen LogP contribution >= 0.6 is 11.3 Å². The van der Waals surface area contributed by atoms with Gasteiger partial charge in [0.1, 0.15) is 0 Å². The van der Waals surface area contributed by atoms with Crippen molar-refractivity contribution >= 4 is 11.3 Å². The summed E-state index contributed by atoms with van der Waals surface area (Å²) in [6.07, 6.45) is 4.92. The lowest BCUT2D eigenvalue weighted by molar-refractivity contribution is 0.167. The van der Waals surface area contributed by atoms with Crippen LogP contribution in [-0.4, -0.2) is 42.6 Å². The molecule has 1 unspecified atom stereocenters. The summed E-state index contributed by atoms with van der Waals surface area (Å²) < 4.78 is 0. The Morgan fingerprint density at radius 3 is 3.11 bits per heavy atom. The van der Waals surface area contributed by atoms with Crippen LogP contribution < -0.4 is 5.32 Å². The van der Waals surface area contributed by atoms with E-state index in [2.05, 4.69) is 29.4 Å². The summed E-state index contributed by atoms with van der Waals surface area (Å²) >= 11 is 1.87. The Morgan fingerprint density at radius 1 is 1.53 bits per heavy atom. The summed E-state index contributed by atoms with van der Waals surface area (Å²) in [7, 11) is 2.01. The van der Waals surface area contributed by atoms with E-state index in [9.17, 15) is 0 Å². The third-order valence-electron chi connectivity index (χ3n) is 3.96. The highest BCUT2D eigenvalue weighted by Crippen LogP contribution is 2.30. The van der Waals surface area contributed by atoms with E-state index in [4.69, 9.17) is 4.98 Å². The van der Waals surface area contributed by atoms with Crippen LogP contribution in [0.15, 0.2) is 5.38 Å². The second-order valence-electron chi connectivity index (χ2n) is 5.81. The average Bonchev–Trinajstić information content (AvgIpc) is 2.88. The predicted molar refractivity (Wildman–Crippen MR) is 83.0 cm³/mol. The van der Waals surface area contributed by atoms with Crippen LogP contribution in [0.2, 0.25) is 0 Å². The molecular weight excluding hydrogens is 254 g/mol. The van der Waals surface area contributed by atoms with Gasteiger partial charge < -0.3 is 10.2 Å². The van der Waals surface area contributed by atoms with E-state index in [1.807, 2.05) is 18.4 Å². The number of likely N-dealkylation sites (tertiary alicyclic amines) is 1. The summed E-state index contributed by atoms with van der Waals surface area (Å²) in [5.74, 6) is 0.666. The topological polar surface area (TPSA) is 28.2 Å². The van der Waals surface area contributed by atoms with Gasteiger partial charge in [-0.1, -0.05) is 0 Å². The van der Waals surface area contributed by atoms with E-state index in [-0.39, 0.29) is 0 Å². The maximum Gasteiger partial charge on any atom is 0.0972 e. The van der Waals surface area contributed by atoms with Gasteiger partial charge >= 0.3 is 0 Å². The van der Waals surface area contributed by atoms with Gasteiger partial charge in [0.15, 0.2) is 0 Å². The molecule has 1 atom stereocenters. The number of hydrogen-bond donors (Lipinski definition) is 1. The first-order valence-electron chi connectivity index (χ1n) is 7.53. The van der Waals surface area contributed by atoms with Crippen LogP contribution in [0.4, 0.5) is 0 Å². The minimum Gasteiger partial charge on any atom is -0.320 e. The van der Waals surface area contributed by atoms with Gasteiger partial charge in [-0.2, -0.15) is 0 Å². The Balaban J connectivity index is 1.90. The fraction of sp³-hybridized carbons (Fsp3) is 0.800. The average molecular weight is 281 g/mol. The molecule has 0 bridgehead atoms. The summed E-state index contributed by atoms with van der Waals surface area (Å²) in [5.41, 5.74) is 1.29. The van der Waals surface area contributed by atoms with Crippen LogP contribution in [0.3, 0.4) is 0 Å². The largest absolute Gasteiger partial charge is 0.320 e. The number of piperidine rings is 1. The highest BCUT2D eigenvalue weighted by molar-refractivity contribution is 7.09. The SMILES string of the molecule is CNCCCc1csc(C2CCCN(C(C)C)C2)n1. The first kappa shape index (κ1) is 14.9. The van der Waals surface area contributed by atoms with Crippen molar-refractivity contribution in [1.82, 2.24) is 15.2 Å². The molecule has 0 amide bonds. The second-order valence-corrected chi connectivity index (χ2v) is 6.70. The number of aryl methyl sites for hydroxylation is 1. The Morgan fingerprint density at radius 2 is 2.37 bits per heavy atom. The molecule has 1 N–H and O–H groups in total. The molecule has 0 aromatic carbocycles. The van der Waals surface area contributed by atoms with Gasteiger partial charge in [0, 0.05) is 23.9 Å². The molecule has 3 nitrogen and oxygen atoms in total. The molecule has 19 heavy (non-hydrogen) atoms. The van der Waals surface area contributed by atoms with Gasteiger partial charge in [-0.25, -0.2) is 4.98 Å². The third-order valence-corrected chi connectivity index (χ3v) is 5.02. The van der Waals surface area contributed by atoms with E-state index in [1.165, 1.54) is 43.1 Å². The summed E-state index contributed by atoms with van der Waals surface area (Å²) in [6.45, 7) is 8.13. The van der Waals surface area contributed by atoms with Crippen molar-refractivity contribution in [2.45, 2.75) is 51.5 Å². The van der Waals surface area contributed by atoms with Gasteiger partial charge in [-0.3, -0.25) is 0 Å². The monoisotopic (exact) mass is 281 g/mol. The summed E-state index contributed by atoms with van der Waals surface area (Å²) in [5, 5.41) is 6.82. The van der Waals surface area contributed by atoms with E-state index < -0.39 is 0 Å². The standard InChI is InChI=1S/C15H27N3S/c1-12(2)18-9-5-6-13(10-18)15-17-14(11-19-15)7-4-8-16-3/h11-13,16H,4-10H2,1-3H3.